The van der Waals surface area contributed by atoms with Gasteiger partial charge in [0.1, 0.15) is 0 Å². The molecule has 0 amide bonds. The Kier molecular flexibility index (Phi) is 5.07. The smallest absolute Gasteiger partial charge is 0.0220 e. The quantitative estimate of drug-likeness (QED) is 0.706. The second-order valence-corrected chi connectivity index (χ2v) is 5.72. The van der Waals surface area contributed by atoms with Gasteiger partial charge in [-0.2, -0.15) is 0 Å². The predicted octanol–water partition coefficient (Wildman–Crippen LogP) is 2.45. The van der Waals surface area contributed by atoms with Crippen molar-refractivity contribution >= 4 is 0 Å². The molecule has 0 aliphatic carbocycles. The summed E-state index contributed by atoms with van der Waals surface area (Å²) >= 11 is 0. The van der Waals surface area contributed by atoms with Crippen LogP contribution < -0.4 is 0 Å². The highest BCUT2D eigenvalue weighted by Gasteiger charge is 2.24. The highest BCUT2D eigenvalue weighted by Crippen LogP contribution is 2.17. The van der Waals surface area contributed by atoms with Crippen molar-refractivity contribution in [3.05, 3.63) is 0 Å². The van der Waals surface area contributed by atoms with E-state index in [0.717, 1.165) is 12.0 Å². The molecule has 2 nitrogen and oxygen atoms in total. The second kappa shape index (κ2) is 5.86. The van der Waals surface area contributed by atoms with Crippen LogP contribution in [0.15, 0.2) is 0 Å². The Labute approximate surface area is 95.6 Å². The van der Waals surface area contributed by atoms with E-state index in [-0.39, 0.29) is 0 Å². The minimum Gasteiger partial charge on any atom is -0.302 e. The van der Waals surface area contributed by atoms with Crippen LogP contribution in [0.4, 0.5) is 0 Å². The van der Waals surface area contributed by atoms with Crippen LogP contribution in [-0.4, -0.2) is 48.6 Å². The fraction of sp³-hybridized carbons (Fsp3) is 1.00. The van der Waals surface area contributed by atoms with Crippen LogP contribution >= 0.6 is 0 Å². The van der Waals surface area contributed by atoms with E-state index in [4.69, 9.17) is 0 Å². The minimum atomic E-state index is 0.709. The van der Waals surface area contributed by atoms with Crippen molar-refractivity contribution in [3.8, 4) is 0 Å². The predicted molar refractivity (Wildman–Crippen MR) is 67.2 cm³/mol. The SMILES string of the molecule is CC(C)CN(C)[C@@H]1CCCN(C(C)C)C1. The van der Waals surface area contributed by atoms with Gasteiger partial charge < -0.3 is 4.90 Å². The van der Waals surface area contributed by atoms with Crippen molar-refractivity contribution in [3.63, 3.8) is 0 Å². The molecule has 1 aliphatic rings. The lowest BCUT2D eigenvalue weighted by atomic mass is 10.0. The van der Waals surface area contributed by atoms with Gasteiger partial charge in [0.25, 0.3) is 0 Å². The number of likely N-dealkylation sites (tertiary alicyclic amines) is 1. The average Bonchev–Trinajstić information content (AvgIpc) is 2.17. The molecular weight excluding hydrogens is 184 g/mol. The first kappa shape index (κ1) is 13.0. The lowest BCUT2D eigenvalue weighted by Gasteiger charge is -2.40. The molecular formula is C13H28N2. The van der Waals surface area contributed by atoms with E-state index < -0.39 is 0 Å². The van der Waals surface area contributed by atoms with Gasteiger partial charge in [-0.05, 0) is 46.2 Å². The number of piperidine rings is 1. The molecule has 0 aromatic rings. The molecule has 0 spiro atoms. The number of likely N-dealkylation sites (N-methyl/N-ethyl adjacent to an activating group) is 1. The van der Waals surface area contributed by atoms with Crippen molar-refractivity contribution in [1.29, 1.82) is 0 Å². The highest BCUT2D eigenvalue weighted by molar-refractivity contribution is 4.81. The Balaban J connectivity index is 2.41. The van der Waals surface area contributed by atoms with E-state index >= 15 is 0 Å². The lowest BCUT2D eigenvalue weighted by molar-refractivity contribution is 0.0889. The highest BCUT2D eigenvalue weighted by atomic mass is 15.2. The normalized spacial score (nSPS) is 24.4. The summed E-state index contributed by atoms with van der Waals surface area (Å²) in [5.74, 6) is 0.782. The maximum Gasteiger partial charge on any atom is 0.0220 e. The van der Waals surface area contributed by atoms with Crippen LogP contribution in [0.3, 0.4) is 0 Å². The molecule has 0 radical (unpaired) electrons. The van der Waals surface area contributed by atoms with Gasteiger partial charge in [-0.25, -0.2) is 0 Å². The number of hydrogen-bond donors (Lipinski definition) is 0. The first-order valence-electron chi connectivity index (χ1n) is 6.45. The molecule has 0 N–H and O–H groups in total. The molecule has 1 fully saturated rings. The van der Waals surface area contributed by atoms with E-state index in [1.54, 1.807) is 0 Å². The third-order valence-electron chi connectivity index (χ3n) is 3.43. The number of hydrogen-bond acceptors (Lipinski definition) is 2. The van der Waals surface area contributed by atoms with E-state index in [1.165, 1.54) is 32.5 Å². The third kappa shape index (κ3) is 4.12. The monoisotopic (exact) mass is 212 g/mol. The van der Waals surface area contributed by atoms with Crippen molar-refractivity contribution in [2.24, 2.45) is 5.92 Å². The van der Waals surface area contributed by atoms with Crippen LogP contribution in [0, 0.1) is 5.92 Å². The summed E-state index contributed by atoms with van der Waals surface area (Å²) in [7, 11) is 2.29. The summed E-state index contributed by atoms with van der Waals surface area (Å²) in [5.41, 5.74) is 0. The molecule has 0 aromatic carbocycles. The third-order valence-corrected chi connectivity index (χ3v) is 3.43. The molecule has 2 heteroatoms. The summed E-state index contributed by atoms with van der Waals surface area (Å²) in [4.78, 5) is 5.17. The topological polar surface area (TPSA) is 6.48 Å². The van der Waals surface area contributed by atoms with Gasteiger partial charge in [0.15, 0.2) is 0 Å². The first-order chi connectivity index (χ1) is 7.00. The van der Waals surface area contributed by atoms with Crippen molar-refractivity contribution < 1.29 is 0 Å². The fourth-order valence-electron chi connectivity index (χ4n) is 2.54. The van der Waals surface area contributed by atoms with Gasteiger partial charge in [-0.1, -0.05) is 13.8 Å². The molecule has 1 atom stereocenters. The summed E-state index contributed by atoms with van der Waals surface area (Å²) in [6, 6.07) is 1.49. The van der Waals surface area contributed by atoms with Gasteiger partial charge in [0.2, 0.25) is 0 Å². The molecule has 1 saturated heterocycles. The van der Waals surface area contributed by atoms with Crippen molar-refractivity contribution in [1.82, 2.24) is 9.80 Å². The van der Waals surface area contributed by atoms with Crippen LogP contribution in [0.25, 0.3) is 0 Å². The second-order valence-electron chi connectivity index (χ2n) is 5.72. The van der Waals surface area contributed by atoms with Gasteiger partial charge >= 0.3 is 0 Å². The Bertz CT molecular complexity index is 177. The molecule has 0 bridgehead atoms. The maximum absolute atomic E-state index is 2.62. The Hall–Kier alpha value is -0.0800. The number of nitrogens with zero attached hydrogens (tertiary/aromatic N) is 2. The van der Waals surface area contributed by atoms with Crippen molar-refractivity contribution in [2.45, 2.75) is 52.6 Å². The maximum atomic E-state index is 2.62. The van der Waals surface area contributed by atoms with E-state index in [1.807, 2.05) is 0 Å². The van der Waals surface area contributed by atoms with Gasteiger partial charge in [0.05, 0.1) is 0 Å². The molecule has 1 aliphatic heterocycles. The standard InChI is InChI=1S/C13H28N2/c1-11(2)9-14(5)13-7-6-8-15(10-13)12(3)4/h11-13H,6-10H2,1-5H3/t13-/m1/s1. The van der Waals surface area contributed by atoms with E-state index in [2.05, 4.69) is 44.5 Å². The van der Waals surface area contributed by atoms with Crippen LogP contribution in [0.1, 0.15) is 40.5 Å². The van der Waals surface area contributed by atoms with Crippen LogP contribution in [-0.2, 0) is 0 Å². The van der Waals surface area contributed by atoms with Crippen molar-refractivity contribution in [2.75, 3.05) is 26.7 Å². The van der Waals surface area contributed by atoms with Crippen LogP contribution in [0.2, 0.25) is 0 Å². The molecule has 0 unspecified atom stereocenters. The summed E-state index contributed by atoms with van der Waals surface area (Å²) in [5, 5.41) is 0. The molecule has 0 aromatic heterocycles. The molecule has 15 heavy (non-hydrogen) atoms. The zero-order chi connectivity index (χ0) is 11.4. The first-order valence-corrected chi connectivity index (χ1v) is 6.45. The largest absolute Gasteiger partial charge is 0.302 e. The Morgan fingerprint density at radius 2 is 1.93 bits per heavy atom. The number of rotatable bonds is 4. The molecule has 90 valence electrons. The Morgan fingerprint density at radius 1 is 1.27 bits per heavy atom. The Morgan fingerprint density at radius 3 is 2.47 bits per heavy atom. The fourth-order valence-corrected chi connectivity index (χ4v) is 2.54. The lowest BCUT2D eigenvalue weighted by Crippen LogP contribution is -2.49. The van der Waals surface area contributed by atoms with Gasteiger partial charge in [0, 0.05) is 25.2 Å². The van der Waals surface area contributed by atoms with Crippen LogP contribution in [0.5, 0.6) is 0 Å². The van der Waals surface area contributed by atoms with E-state index in [9.17, 15) is 0 Å². The van der Waals surface area contributed by atoms with Gasteiger partial charge in [-0.3, -0.25) is 4.90 Å². The summed E-state index contributed by atoms with van der Waals surface area (Å²) in [6.45, 7) is 13.0. The average molecular weight is 212 g/mol. The summed E-state index contributed by atoms with van der Waals surface area (Å²) in [6.07, 6.45) is 2.75. The molecule has 0 saturated carbocycles. The van der Waals surface area contributed by atoms with Gasteiger partial charge in [-0.15, -0.1) is 0 Å². The molecule has 1 rings (SSSR count). The zero-order valence-corrected chi connectivity index (χ0v) is 11.2. The minimum absolute atomic E-state index is 0.709. The summed E-state index contributed by atoms with van der Waals surface area (Å²) < 4.78 is 0. The molecule has 1 heterocycles. The zero-order valence-electron chi connectivity index (χ0n) is 11.2. The van der Waals surface area contributed by atoms with E-state index in [0.29, 0.717) is 6.04 Å².